The van der Waals surface area contributed by atoms with Crippen molar-refractivity contribution >= 4 is 40.7 Å². The molecule has 3 N–H and O–H groups in total. The van der Waals surface area contributed by atoms with Crippen molar-refractivity contribution in [2.24, 2.45) is 0 Å². The third-order valence-corrected chi connectivity index (χ3v) is 10.5. The summed E-state index contributed by atoms with van der Waals surface area (Å²) in [5.74, 6) is 0.00268. The molecule has 5 rings (SSSR count). The highest BCUT2D eigenvalue weighted by Gasteiger charge is 2.26. The summed E-state index contributed by atoms with van der Waals surface area (Å²) in [5, 5.41) is 20.0. The minimum Gasteiger partial charge on any atom is -0.444 e. The van der Waals surface area contributed by atoms with Crippen LogP contribution in [0.1, 0.15) is 65.7 Å². The fourth-order valence-corrected chi connectivity index (χ4v) is 7.06. The van der Waals surface area contributed by atoms with Gasteiger partial charge in [-0.15, -0.1) is 32.9 Å². The van der Waals surface area contributed by atoms with E-state index in [1.54, 1.807) is 47.3 Å². The predicted molar refractivity (Wildman–Crippen MR) is 205 cm³/mol. The highest BCUT2D eigenvalue weighted by molar-refractivity contribution is 7.09. The van der Waals surface area contributed by atoms with Crippen molar-refractivity contribution in [1.82, 2.24) is 45.6 Å². The van der Waals surface area contributed by atoms with E-state index in [0.717, 1.165) is 26.7 Å². The van der Waals surface area contributed by atoms with Crippen molar-refractivity contribution < 1.29 is 19.1 Å². The average Bonchev–Trinajstić information content (AvgIpc) is 3.96. The van der Waals surface area contributed by atoms with Gasteiger partial charge in [0, 0.05) is 43.2 Å². The van der Waals surface area contributed by atoms with E-state index in [0.29, 0.717) is 51.1 Å². The standard InChI is InChI=1S/C38H47N9O4S2/c1-27(2)36-43-32(23-52-36)21-46(3)37(49)45-34(16-17-47-24-40-41-25-47)35(48)42-30(18-28-10-6-4-7-11-28)14-15-31(19-29-12-8-5-9-13-29)44-38(50)51-22-33-20-39-26-53-33/h4-13,20,23-27,30-31,34H,14-19,21-22H2,1-3H3,(H,42,48)(H,44,50)(H,45,49). The fraction of sp³-hybridized carbons (Fsp3) is 0.395. The van der Waals surface area contributed by atoms with Crippen LogP contribution in [0.3, 0.4) is 0 Å². The number of ether oxygens (including phenoxy) is 1. The predicted octanol–water partition coefficient (Wildman–Crippen LogP) is 5.96. The average molecular weight is 758 g/mol. The molecule has 3 unspecified atom stereocenters. The van der Waals surface area contributed by atoms with E-state index in [2.05, 4.69) is 50.0 Å². The molecule has 0 spiro atoms. The lowest BCUT2D eigenvalue weighted by Crippen LogP contribution is -2.53. The number of nitrogens with one attached hydrogen (secondary N) is 3. The number of aryl methyl sites for hydroxylation is 1. The summed E-state index contributed by atoms with van der Waals surface area (Å²) in [6, 6.07) is 18.1. The van der Waals surface area contributed by atoms with Crippen LogP contribution in [0.2, 0.25) is 0 Å². The molecule has 0 aliphatic heterocycles. The van der Waals surface area contributed by atoms with Crippen LogP contribution in [-0.2, 0) is 42.1 Å². The van der Waals surface area contributed by atoms with Gasteiger partial charge >= 0.3 is 12.1 Å². The molecule has 5 aromatic rings. The number of rotatable bonds is 19. The molecule has 280 valence electrons. The first kappa shape index (κ1) is 39.1. The Hall–Kier alpha value is -5.15. The zero-order valence-electron chi connectivity index (χ0n) is 30.3. The van der Waals surface area contributed by atoms with E-state index in [-0.39, 0.29) is 30.6 Å². The van der Waals surface area contributed by atoms with Gasteiger partial charge in [-0.25, -0.2) is 14.6 Å². The number of carbonyl (C=O) groups is 3. The maximum Gasteiger partial charge on any atom is 0.407 e. The number of urea groups is 1. The Morgan fingerprint density at radius 2 is 1.49 bits per heavy atom. The minimum absolute atomic E-state index is 0.140. The maximum atomic E-state index is 14.1. The number of alkyl carbamates (subject to hydrolysis) is 1. The van der Waals surface area contributed by atoms with Crippen molar-refractivity contribution in [2.45, 2.75) is 89.7 Å². The zero-order valence-corrected chi connectivity index (χ0v) is 31.9. The van der Waals surface area contributed by atoms with Gasteiger partial charge in [0.15, 0.2) is 0 Å². The van der Waals surface area contributed by atoms with Crippen molar-refractivity contribution in [2.75, 3.05) is 7.05 Å². The smallest absolute Gasteiger partial charge is 0.407 e. The minimum atomic E-state index is -0.841. The van der Waals surface area contributed by atoms with Crippen LogP contribution < -0.4 is 16.0 Å². The third kappa shape index (κ3) is 13.1. The zero-order chi connectivity index (χ0) is 37.4. The Kier molecular flexibility index (Phi) is 14.9. The molecule has 13 nitrogen and oxygen atoms in total. The van der Waals surface area contributed by atoms with Gasteiger partial charge in [-0.1, -0.05) is 74.5 Å². The highest BCUT2D eigenvalue weighted by atomic mass is 32.1. The Morgan fingerprint density at radius 3 is 2.08 bits per heavy atom. The molecule has 3 aromatic heterocycles. The van der Waals surface area contributed by atoms with Gasteiger partial charge in [-0.05, 0) is 43.2 Å². The van der Waals surface area contributed by atoms with E-state index in [1.165, 1.54) is 16.2 Å². The van der Waals surface area contributed by atoms with Gasteiger partial charge in [0.2, 0.25) is 5.91 Å². The van der Waals surface area contributed by atoms with Gasteiger partial charge in [0.05, 0.1) is 27.6 Å². The summed E-state index contributed by atoms with van der Waals surface area (Å²) < 4.78 is 7.28. The van der Waals surface area contributed by atoms with Gasteiger partial charge in [0.25, 0.3) is 0 Å². The Labute approximate surface area is 318 Å². The molecule has 0 radical (unpaired) electrons. The summed E-state index contributed by atoms with van der Waals surface area (Å²) in [6.07, 6.45) is 6.92. The van der Waals surface area contributed by atoms with Crippen LogP contribution in [-0.4, -0.2) is 72.8 Å². The summed E-state index contributed by atoms with van der Waals surface area (Å²) in [7, 11) is 1.69. The van der Waals surface area contributed by atoms with Gasteiger partial charge in [-0.3, -0.25) is 9.78 Å². The summed E-state index contributed by atoms with van der Waals surface area (Å²) >= 11 is 3.00. The lowest BCUT2D eigenvalue weighted by molar-refractivity contribution is -0.124. The van der Waals surface area contributed by atoms with Gasteiger partial charge in [-0.2, -0.15) is 0 Å². The number of hydrogen-bond acceptors (Lipinski definition) is 10. The summed E-state index contributed by atoms with van der Waals surface area (Å²) in [4.78, 5) is 51.6. The molecular formula is C38H47N9O4S2. The number of aromatic nitrogens is 5. The molecule has 0 fully saturated rings. The Bertz CT molecular complexity index is 1820. The first-order chi connectivity index (χ1) is 25.7. The summed E-state index contributed by atoms with van der Waals surface area (Å²) in [5.41, 5.74) is 4.63. The Morgan fingerprint density at radius 1 is 0.849 bits per heavy atom. The van der Waals surface area contributed by atoms with E-state index in [9.17, 15) is 14.4 Å². The normalized spacial score (nSPS) is 12.8. The van der Waals surface area contributed by atoms with Crippen molar-refractivity contribution in [3.63, 3.8) is 0 Å². The van der Waals surface area contributed by atoms with Crippen LogP contribution in [0.5, 0.6) is 0 Å². The lowest BCUT2D eigenvalue weighted by Gasteiger charge is -2.27. The van der Waals surface area contributed by atoms with E-state index < -0.39 is 12.1 Å². The van der Waals surface area contributed by atoms with Crippen LogP contribution in [0, 0.1) is 0 Å². The monoisotopic (exact) mass is 757 g/mol. The van der Waals surface area contributed by atoms with Crippen LogP contribution in [0.4, 0.5) is 9.59 Å². The van der Waals surface area contributed by atoms with Crippen LogP contribution in [0.25, 0.3) is 0 Å². The molecule has 0 aliphatic rings. The van der Waals surface area contributed by atoms with Crippen LogP contribution >= 0.6 is 22.7 Å². The number of nitrogens with zero attached hydrogens (tertiary/aromatic N) is 6. The second-order valence-corrected chi connectivity index (χ2v) is 15.1. The lowest BCUT2D eigenvalue weighted by atomic mass is 9.95. The largest absolute Gasteiger partial charge is 0.444 e. The molecule has 3 atom stereocenters. The number of hydrogen-bond donors (Lipinski definition) is 3. The number of amides is 4. The molecular weight excluding hydrogens is 711 g/mol. The molecule has 4 amide bonds. The number of carbonyl (C=O) groups excluding carboxylic acids is 3. The quantitative estimate of drug-likeness (QED) is 0.0932. The first-order valence-electron chi connectivity index (χ1n) is 17.7. The van der Waals surface area contributed by atoms with Gasteiger partial charge < -0.3 is 30.2 Å². The molecule has 3 heterocycles. The van der Waals surface area contributed by atoms with Crippen molar-refractivity contribution in [1.29, 1.82) is 0 Å². The highest BCUT2D eigenvalue weighted by Crippen LogP contribution is 2.20. The molecule has 53 heavy (non-hydrogen) atoms. The maximum absolute atomic E-state index is 14.1. The van der Waals surface area contributed by atoms with Crippen molar-refractivity contribution in [3.05, 3.63) is 117 Å². The first-order valence-corrected chi connectivity index (χ1v) is 19.4. The molecule has 0 bridgehead atoms. The van der Waals surface area contributed by atoms with E-state index in [1.807, 2.05) is 66.0 Å². The molecule has 2 aromatic carbocycles. The van der Waals surface area contributed by atoms with E-state index >= 15 is 0 Å². The third-order valence-electron chi connectivity index (χ3n) is 8.58. The Balaban J connectivity index is 1.28. The molecule has 0 saturated heterocycles. The molecule has 0 aliphatic carbocycles. The number of thiazole rings is 2. The van der Waals surface area contributed by atoms with E-state index in [4.69, 9.17) is 4.74 Å². The fourth-order valence-electron chi connectivity index (χ4n) is 5.73. The number of benzene rings is 2. The second kappa shape index (κ2) is 20.2. The topological polar surface area (TPSA) is 156 Å². The SMILES string of the molecule is CC(C)c1nc(CN(C)C(=O)NC(CCn2cnnc2)C(=O)NC(CCC(Cc2ccccc2)NC(=O)OCc2cncs2)Cc2ccccc2)cs1. The van der Waals surface area contributed by atoms with Gasteiger partial charge in [0.1, 0.15) is 25.3 Å². The molecule has 0 saturated carbocycles. The summed E-state index contributed by atoms with van der Waals surface area (Å²) in [6.45, 7) is 5.05. The van der Waals surface area contributed by atoms with Crippen molar-refractivity contribution in [3.8, 4) is 0 Å². The second-order valence-electron chi connectivity index (χ2n) is 13.2. The molecule has 15 heteroatoms. The van der Waals surface area contributed by atoms with Crippen LogP contribution in [0.15, 0.2) is 90.4 Å².